The average molecular weight is 308 g/mol. The molecule has 1 heterocycles. The van der Waals surface area contributed by atoms with Gasteiger partial charge in [0.1, 0.15) is 0 Å². The van der Waals surface area contributed by atoms with Gasteiger partial charge in [0.25, 0.3) is 0 Å². The molecule has 0 spiro atoms. The van der Waals surface area contributed by atoms with Crippen molar-refractivity contribution in [3.05, 3.63) is 53.2 Å². The summed E-state index contributed by atoms with van der Waals surface area (Å²) in [5, 5.41) is 2.53. The molecule has 0 atom stereocenters. The Bertz CT molecular complexity index is 679. The standard InChI is InChI=1S/C16H15F3N2O/c1-10-12(9-15(22)20-2)5-8-14(21-10)11-3-6-13(7-4-11)16(17,18)19/h3-8H,9H2,1-2H3,(H,20,22). The molecule has 1 aromatic heterocycles. The van der Waals surface area contributed by atoms with E-state index >= 15 is 0 Å². The van der Waals surface area contributed by atoms with Crippen LogP contribution in [0.2, 0.25) is 0 Å². The van der Waals surface area contributed by atoms with Gasteiger partial charge in [-0.3, -0.25) is 9.78 Å². The maximum atomic E-state index is 12.5. The lowest BCUT2D eigenvalue weighted by molar-refractivity contribution is -0.137. The Morgan fingerprint density at radius 3 is 2.27 bits per heavy atom. The molecule has 1 amide bonds. The molecule has 0 aliphatic carbocycles. The Labute approximate surface area is 126 Å². The van der Waals surface area contributed by atoms with Crippen LogP contribution in [0.1, 0.15) is 16.8 Å². The van der Waals surface area contributed by atoms with Crippen LogP contribution in [0.4, 0.5) is 13.2 Å². The number of benzene rings is 1. The van der Waals surface area contributed by atoms with E-state index in [2.05, 4.69) is 10.3 Å². The monoisotopic (exact) mass is 308 g/mol. The molecule has 1 aromatic carbocycles. The van der Waals surface area contributed by atoms with Crippen molar-refractivity contribution < 1.29 is 18.0 Å². The molecule has 3 nitrogen and oxygen atoms in total. The molecule has 0 aliphatic rings. The van der Waals surface area contributed by atoms with Gasteiger partial charge in [-0.1, -0.05) is 18.2 Å². The maximum Gasteiger partial charge on any atom is 0.416 e. The number of carbonyl (C=O) groups is 1. The second-order valence-corrected chi connectivity index (χ2v) is 4.87. The summed E-state index contributed by atoms with van der Waals surface area (Å²) in [7, 11) is 1.56. The summed E-state index contributed by atoms with van der Waals surface area (Å²) in [5.41, 5.74) is 1.95. The topological polar surface area (TPSA) is 42.0 Å². The second-order valence-electron chi connectivity index (χ2n) is 4.87. The molecule has 0 saturated carbocycles. The van der Waals surface area contributed by atoms with E-state index in [1.807, 2.05) is 0 Å². The molecule has 0 radical (unpaired) electrons. The summed E-state index contributed by atoms with van der Waals surface area (Å²) in [4.78, 5) is 15.7. The zero-order valence-corrected chi connectivity index (χ0v) is 12.2. The van der Waals surface area contributed by atoms with E-state index in [1.54, 1.807) is 26.1 Å². The summed E-state index contributed by atoms with van der Waals surface area (Å²) in [5.74, 6) is -0.118. The Morgan fingerprint density at radius 2 is 1.77 bits per heavy atom. The van der Waals surface area contributed by atoms with Gasteiger partial charge in [0, 0.05) is 18.3 Å². The van der Waals surface area contributed by atoms with E-state index in [0.717, 1.165) is 17.7 Å². The summed E-state index contributed by atoms with van der Waals surface area (Å²) in [6.45, 7) is 1.77. The molecule has 1 N–H and O–H groups in total. The number of nitrogens with zero attached hydrogens (tertiary/aromatic N) is 1. The van der Waals surface area contributed by atoms with Gasteiger partial charge in [0.05, 0.1) is 17.7 Å². The number of alkyl halides is 3. The van der Waals surface area contributed by atoms with E-state index in [-0.39, 0.29) is 12.3 Å². The van der Waals surface area contributed by atoms with Crippen LogP contribution < -0.4 is 5.32 Å². The number of hydrogen-bond donors (Lipinski definition) is 1. The zero-order valence-electron chi connectivity index (χ0n) is 12.2. The summed E-state index contributed by atoms with van der Waals surface area (Å²) < 4.78 is 37.6. The first kappa shape index (κ1) is 16.0. The molecule has 116 valence electrons. The molecule has 2 rings (SSSR count). The predicted octanol–water partition coefficient (Wildman–Crippen LogP) is 3.36. The van der Waals surface area contributed by atoms with Crippen LogP contribution in [0.3, 0.4) is 0 Å². The van der Waals surface area contributed by atoms with Crippen LogP contribution in [0, 0.1) is 6.92 Å². The van der Waals surface area contributed by atoms with Crippen LogP contribution in [0.5, 0.6) is 0 Å². The summed E-state index contributed by atoms with van der Waals surface area (Å²) in [6, 6.07) is 8.32. The number of rotatable bonds is 3. The third kappa shape index (κ3) is 3.63. The van der Waals surface area contributed by atoms with Gasteiger partial charge >= 0.3 is 6.18 Å². The van der Waals surface area contributed by atoms with Gasteiger partial charge in [0.15, 0.2) is 0 Å². The molecule has 2 aromatic rings. The van der Waals surface area contributed by atoms with Crippen LogP contribution in [-0.4, -0.2) is 17.9 Å². The first-order chi connectivity index (χ1) is 10.3. The molecule has 0 aliphatic heterocycles. The minimum atomic E-state index is -4.35. The lowest BCUT2D eigenvalue weighted by Gasteiger charge is -2.09. The average Bonchev–Trinajstić information content (AvgIpc) is 2.48. The van der Waals surface area contributed by atoms with Gasteiger partial charge in [0.2, 0.25) is 5.91 Å². The number of hydrogen-bond acceptors (Lipinski definition) is 2. The molecular formula is C16H15F3N2O. The smallest absolute Gasteiger partial charge is 0.359 e. The van der Waals surface area contributed by atoms with Gasteiger partial charge < -0.3 is 5.32 Å². The zero-order chi connectivity index (χ0) is 16.3. The second kappa shape index (κ2) is 6.17. The maximum absolute atomic E-state index is 12.5. The molecule has 6 heteroatoms. The van der Waals surface area contributed by atoms with Crippen LogP contribution >= 0.6 is 0 Å². The Hall–Kier alpha value is -2.37. The number of nitrogens with one attached hydrogen (secondary N) is 1. The van der Waals surface area contributed by atoms with Gasteiger partial charge in [-0.05, 0) is 30.7 Å². The van der Waals surface area contributed by atoms with E-state index in [4.69, 9.17) is 0 Å². The number of pyridine rings is 1. The van der Waals surface area contributed by atoms with E-state index in [9.17, 15) is 18.0 Å². The first-order valence-electron chi connectivity index (χ1n) is 6.66. The van der Waals surface area contributed by atoms with Crippen LogP contribution in [-0.2, 0) is 17.4 Å². The number of likely N-dealkylation sites (N-methyl/N-ethyl adjacent to an activating group) is 1. The molecular weight excluding hydrogens is 293 g/mol. The molecule has 22 heavy (non-hydrogen) atoms. The van der Waals surface area contributed by atoms with Crippen molar-refractivity contribution in [2.24, 2.45) is 0 Å². The largest absolute Gasteiger partial charge is 0.416 e. The quantitative estimate of drug-likeness (QED) is 0.944. The minimum Gasteiger partial charge on any atom is -0.359 e. The summed E-state index contributed by atoms with van der Waals surface area (Å²) in [6.07, 6.45) is -4.12. The van der Waals surface area contributed by atoms with Crippen molar-refractivity contribution in [3.8, 4) is 11.3 Å². The fraction of sp³-hybridized carbons (Fsp3) is 0.250. The highest BCUT2D eigenvalue weighted by Crippen LogP contribution is 2.30. The fourth-order valence-electron chi connectivity index (χ4n) is 2.03. The normalized spacial score (nSPS) is 11.3. The number of aromatic nitrogens is 1. The first-order valence-corrected chi connectivity index (χ1v) is 6.66. The molecule has 0 fully saturated rings. The number of aryl methyl sites for hydroxylation is 1. The van der Waals surface area contributed by atoms with Crippen molar-refractivity contribution in [2.75, 3.05) is 7.05 Å². The van der Waals surface area contributed by atoms with E-state index in [1.165, 1.54) is 12.1 Å². The van der Waals surface area contributed by atoms with Crippen molar-refractivity contribution in [1.82, 2.24) is 10.3 Å². The fourth-order valence-corrected chi connectivity index (χ4v) is 2.03. The Kier molecular flexibility index (Phi) is 4.49. The third-order valence-electron chi connectivity index (χ3n) is 3.33. The van der Waals surface area contributed by atoms with Crippen LogP contribution in [0.25, 0.3) is 11.3 Å². The van der Waals surface area contributed by atoms with Crippen molar-refractivity contribution in [1.29, 1.82) is 0 Å². The summed E-state index contributed by atoms with van der Waals surface area (Å²) >= 11 is 0. The van der Waals surface area contributed by atoms with E-state index in [0.29, 0.717) is 17.0 Å². The molecule has 0 unspecified atom stereocenters. The van der Waals surface area contributed by atoms with Crippen molar-refractivity contribution in [2.45, 2.75) is 19.5 Å². The van der Waals surface area contributed by atoms with E-state index < -0.39 is 11.7 Å². The molecule has 0 saturated heterocycles. The van der Waals surface area contributed by atoms with Crippen molar-refractivity contribution in [3.63, 3.8) is 0 Å². The molecule has 0 bridgehead atoms. The van der Waals surface area contributed by atoms with Gasteiger partial charge in [-0.2, -0.15) is 13.2 Å². The van der Waals surface area contributed by atoms with Crippen LogP contribution in [0.15, 0.2) is 36.4 Å². The minimum absolute atomic E-state index is 0.118. The van der Waals surface area contributed by atoms with Crippen molar-refractivity contribution >= 4 is 5.91 Å². The highest BCUT2D eigenvalue weighted by atomic mass is 19.4. The highest BCUT2D eigenvalue weighted by molar-refractivity contribution is 5.78. The highest BCUT2D eigenvalue weighted by Gasteiger charge is 2.30. The Morgan fingerprint density at radius 1 is 1.14 bits per heavy atom. The third-order valence-corrected chi connectivity index (χ3v) is 3.33. The lowest BCUT2D eigenvalue weighted by Crippen LogP contribution is -2.20. The van der Waals surface area contributed by atoms with Gasteiger partial charge in [-0.25, -0.2) is 0 Å². The SMILES string of the molecule is CNC(=O)Cc1ccc(-c2ccc(C(F)(F)F)cc2)nc1C. The number of amides is 1. The Balaban J connectivity index is 2.26. The lowest BCUT2D eigenvalue weighted by atomic mass is 10.0. The van der Waals surface area contributed by atoms with Gasteiger partial charge in [-0.15, -0.1) is 0 Å². The number of halogens is 3. The predicted molar refractivity (Wildman–Crippen MR) is 77.2 cm³/mol. The number of carbonyl (C=O) groups excluding carboxylic acids is 1.